The first kappa shape index (κ1) is 9.89. The van der Waals surface area contributed by atoms with Crippen molar-refractivity contribution in [3.63, 3.8) is 0 Å². The number of rotatable bonds is 4. The van der Waals surface area contributed by atoms with Crippen LogP contribution in [0.4, 0.5) is 4.39 Å². The summed E-state index contributed by atoms with van der Waals surface area (Å²) >= 11 is 0. The van der Waals surface area contributed by atoms with Crippen molar-refractivity contribution in [2.45, 2.75) is 31.0 Å². The molecule has 0 aliphatic heterocycles. The Kier molecular flexibility index (Phi) is 3.43. The third-order valence-electron chi connectivity index (χ3n) is 2.45. The summed E-state index contributed by atoms with van der Waals surface area (Å²) in [5, 5.41) is 9.01. The minimum absolute atomic E-state index is 0.306. The molecule has 12 heavy (non-hydrogen) atoms. The molecule has 0 heterocycles. The zero-order chi connectivity index (χ0) is 9.14. The highest BCUT2D eigenvalue weighted by Gasteiger charge is 2.29. The second-order valence-electron chi connectivity index (χ2n) is 3.63. The van der Waals surface area contributed by atoms with Crippen LogP contribution in [0.15, 0.2) is 0 Å². The topological polar surface area (TPSA) is 49.5 Å². The Bertz CT molecular complexity index is 139. The second kappa shape index (κ2) is 4.16. The van der Waals surface area contributed by atoms with Crippen molar-refractivity contribution in [1.29, 1.82) is 0 Å². The monoisotopic (exact) mass is 176 g/mol. The molecule has 0 amide bonds. The van der Waals surface area contributed by atoms with E-state index in [4.69, 9.17) is 10.8 Å². The van der Waals surface area contributed by atoms with Gasteiger partial charge in [-0.15, -0.1) is 0 Å². The third kappa shape index (κ3) is 2.40. The summed E-state index contributed by atoms with van der Waals surface area (Å²) in [5.41, 5.74) is 5.61. The second-order valence-corrected chi connectivity index (χ2v) is 3.63. The normalized spacial score (nSPS) is 31.8. The lowest BCUT2D eigenvalue weighted by Crippen LogP contribution is -2.51. The van der Waals surface area contributed by atoms with Crippen LogP contribution in [-0.2, 0) is 0 Å². The molecule has 0 bridgehead atoms. The predicted molar refractivity (Wildman–Crippen MR) is 45.6 cm³/mol. The quantitative estimate of drug-likeness (QED) is 0.620. The van der Waals surface area contributed by atoms with Crippen molar-refractivity contribution >= 4 is 0 Å². The molecule has 3 nitrogen and oxygen atoms in total. The number of halogens is 1. The van der Waals surface area contributed by atoms with Gasteiger partial charge in [-0.2, -0.15) is 0 Å². The van der Waals surface area contributed by atoms with Gasteiger partial charge in [0, 0.05) is 18.6 Å². The average Bonchev–Trinajstić information content (AvgIpc) is 1.98. The number of likely N-dealkylation sites (N-methyl/N-ethyl adjacent to an activating group) is 1. The molecule has 1 fully saturated rings. The maximum atomic E-state index is 11.9. The predicted octanol–water partition coefficient (Wildman–Crippen LogP) is -0.262. The van der Waals surface area contributed by atoms with E-state index in [1.54, 1.807) is 0 Å². The molecule has 0 aromatic carbocycles. The van der Waals surface area contributed by atoms with Crippen molar-refractivity contribution in [3.05, 3.63) is 0 Å². The Labute approximate surface area is 72.3 Å². The average molecular weight is 176 g/mol. The molecule has 3 N–H and O–H groups in total. The van der Waals surface area contributed by atoms with E-state index < -0.39 is 12.8 Å². The van der Waals surface area contributed by atoms with E-state index in [0.717, 1.165) is 12.8 Å². The zero-order valence-electron chi connectivity index (χ0n) is 7.41. The zero-order valence-corrected chi connectivity index (χ0v) is 7.41. The van der Waals surface area contributed by atoms with E-state index in [0.29, 0.717) is 18.6 Å². The van der Waals surface area contributed by atoms with Gasteiger partial charge in [0.05, 0.1) is 6.10 Å². The van der Waals surface area contributed by atoms with E-state index in [9.17, 15) is 4.39 Å². The number of aliphatic hydroxyl groups excluding tert-OH is 1. The van der Waals surface area contributed by atoms with E-state index in [-0.39, 0.29) is 0 Å². The fourth-order valence-corrected chi connectivity index (χ4v) is 1.52. The van der Waals surface area contributed by atoms with E-state index >= 15 is 0 Å². The summed E-state index contributed by atoms with van der Waals surface area (Å²) in [5.74, 6) is 0. The van der Waals surface area contributed by atoms with Crippen molar-refractivity contribution in [2.24, 2.45) is 5.73 Å². The molecule has 1 rings (SSSR count). The Morgan fingerprint density at radius 3 is 2.67 bits per heavy atom. The van der Waals surface area contributed by atoms with Gasteiger partial charge in [-0.25, -0.2) is 4.39 Å². The molecule has 0 radical (unpaired) electrons. The summed E-state index contributed by atoms with van der Waals surface area (Å²) in [4.78, 5) is 1.98. The SMILES string of the molecule is CN(CC(O)CF)C1CC(N)C1. The summed E-state index contributed by atoms with van der Waals surface area (Å²) in [6.45, 7) is -0.253. The summed E-state index contributed by atoms with van der Waals surface area (Å²) in [6, 6.07) is 0.751. The number of nitrogens with zero attached hydrogens (tertiary/aromatic N) is 1. The van der Waals surface area contributed by atoms with Crippen LogP contribution in [0.1, 0.15) is 12.8 Å². The van der Waals surface area contributed by atoms with Crippen LogP contribution in [0.3, 0.4) is 0 Å². The number of aliphatic hydroxyl groups is 1. The van der Waals surface area contributed by atoms with Crippen LogP contribution in [0.2, 0.25) is 0 Å². The molecule has 72 valence electrons. The lowest BCUT2D eigenvalue weighted by Gasteiger charge is -2.39. The highest BCUT2D eigenvalue weighted by atomic mass is 19.1. The maximum absolute atomic E-state index is 11.9. The molecule has 1 aliphatic carbocycles. The lowest BCUT2D eigenvalue weighted by atomic mass is 9.86. The minimum Gasteiger partial charge on any atom is -0.389 e. The van der Waals surface area contributed by atoms with Gasteiger partial charge in [0.25, 0.3) is 0 Å². The van der Waals surface area contributed by atoms with E-state index in [1.807, 2.05) is 11.9 Å². The fourth-order valence-electron chi connectivity index (χ4n) is 1.52. The molecule has 1 unspecified atom stereocenters. The smallest absolute Gasteiger partial charge is 0.117 e. The molecule has 0 saturated heterocycles. The highest BCUT2D eigenvalue weighted by Crippen LogP contribution is 2.22. The van der Waals surface area contributed by atoms with Crippen LogP contribution in [0, 0.1) is 0 Å². The first-order chi connectivity index (χ1) is 5.63. The maximum Gasteiger partial charge on any atom is 0.117 e. The Morgan fingerprint density at radius 2 is 2.25 bits per heavy atom. The van der Waals surface area contributed by atoms with E-state index in [1.165, 1.54) is 0 Å². The highest BCUT2D eigenvalue weighted by molar-refractivity contribution is 4.88. The van der Waals surface area contributed by atoms with Gasteiger partial charge >= 0.3 is 0 Å². The first-order valence-electron chi connectivity index (χ1n) is 4.33. The van der Waals surface area contributed by atoms with Crippen LogP contribution in [0.25, 0.3) is 0 Å². The molecule has 1 saturated carbocycles. The van der Waals surface area contributed by atoms with Crippen LogP contribution < -0.4 is 5.73 Å². The molecule has 4 heteroatoms. The standard InChI is InChI=1S/C8H17FN2O/c1-11(5-8(12)4-9)7-2-6(10)3-7/h6-8,12H,2-5,10H2,1H3. The Morgan fingerprint density at radius 1 is 1.67 bits per heavy atom. The van der Waals surface area contributed by atoms with Gasteiger partial charge in [0.1, 0.15) is 6.67 Å². The Hall–Kier alpha value is -0.190. The van der Waals surface area contributed by atoms with Gasteiger partial charge in [0.15, 0.2) is 0 Å². The fraction of sp³-hybridized carbons (Fsp3) is 1.00. The molecular formula is C8H17FN2O. The molecule has 1 aliphatic rings. The van der Waals surface area contributed by atoms with Crippen LogP contribution in [-0.4, -0.2) is 48.5 Å². The third-order valence-corrected chi connectivity index (χ3v) is 2.45. The molecule has 0 aromatic rings. The van der Waals surface area contributed by atoms with Gasteiger partial charge < -0.3 is 15.7 Å². The van der Waals surface area contributed by atoms with E-state index in [2.05, 4.69) is 0 Å². The van der Waals surface area contributed by atoms with Crippen LogP contribution >= 0.6 is 0 Å². The van der Waals surface area contributed by atoms with Crippen molar-refractivity contribution in [2.75, 3.05) is 20.3 Å². The minimum atomic E-state index is -0.841. The summed E-state index contributed by atoms with van der Waals surface area (Å²) in [6.07, 6.45) is 1.09. The van der Waals surface area contributed by atoms with Crippen molar-refractivity contribution < 1.29 is 9.50 Å². The van der Waals surface area contributed by atoms with Crippen LogP contribution in [0.5, 0.6) is 0 Å². The van der Waals surface area contributed by atoms with Gasteiger partial charge in [-0.3, -0.25) is 0 Å². The van der Waals surface area contributed by atoms with Crippen molar-refractivity contribution in [1.82, 2.24) is 4.90 Å². The number of hydrogen-bond acceptors (Lipinski definition) is 3. The number of nitrogens with two attached hydrogens (primary N) is 1. The van der Waals surface area contributed by atoms with Gasteiger partial charge in [-0.1, -0.05) is 0 Å². The largest absolute Gasteiger partial charge is 0.389 e. The molecule has 0 aromatic heterocycles. The Balaban J connectivity index is 2.16. The van der Waals surface area contributed by atoms with Gasteiger partial charge in [-0.05, 0) is 19.9 Å². The van der Waals surface area contributed by atoms with Gasteiger partial charge in [0.2, 0.25) is 0 Å². The molecule has 0 spiro atoms. The number of hydrogen-bond donors (Lipinski definition) is 2. The lowest BCUT2D eigenvalue weighted by molar-refractivity contribution is 0.0565. The summed E-state index contributed by atoms with van der Waals surface area (Å²) < 4.78 is 11.9. The first-order valence-corrected chi connectivity index (χ1v) is 4.33. The molecular weight excluding hydrogens is 159 g/mol. The van der Waals surface area contributed by atoms with Crippen molar-refractivity contribution in [3.8, 4) is 0 Å². The summed E-state index contributed by atoms with van der Waals surface area (Å²) in [7, 11) is 1.90. The molecule has 1 atom stereocenters. The number of alkyl halides is 1.